The lowest BCUT2D eigenvalue weighted by Gasteiger charge is -2.47. The maximum absolute atomic E-state index is 12.2. The average molecular weight is 524 g/mol. The molecule has 1 saturated heterocycles. The molecule has 2 N–H and O–H groups in total. The van der Waals surface area contributed by atoms with Gasteiger partial charge in [-0.25, -0.2) is 15.0 Å². The first-order valence-electron chi connectivity index (χ1n) is 12.8. The molecule has 2 atom stereocenters. The van der Waals surface area contributed by atoms with Gasteiger partial charge in [-0.3, -0.25) is 4.48 Å². The van der Waals surface area contributed by atoms with Gasteiger partial charge in [-0.1, -0.05) is 19.9 Å². The lowest BCUT2D eigenvalue weighted by molar-refractivity contribution is -0.919. The number of nitrogens with one attached hydrogen (secondary N) is 1. The van der Waals surface area contributed by atoms with Crippen molar-refractivity contribution in [1.82, 2.24) is 15.0 Å². The summed E-state index contributed by atoms with van der Waals surface area (Å²) in [6.45, 7) is 12.7. The molecule has 1 amide bonds. The first-order valence-corrected chi connectivity index (χ1v) is 13.6. The van der Waals surface area contributed by atoms with Gasteiger partial charge in [0.25, 0.3) is 6.09 Å². The van der Waals surface area contributed by atoms with Crippen LogP contribution in [0.5, 0.6) is 0 Å². The molecule has 0 aliphatic carbocycles. The van der Waals surface area contributed by atoms with Gasteiger partial charge >= 0.3 is 0 Å². The maximum Gasteiger partial charge on any atom is 0.257 e. The number of carboxylic acid groups (broad SMARTS) is 1. The molecule has 1 aliphatic heterocycles. The summed E-state index contributed by atoms with van der Waals surface area (Å²) >= 11 is 1.46. The maximum atomic E-state index is 12.2. The van der Waals surface area contributed by atoms with Crippen LogP contribution in [-0.2, 0) is 5.60 Å². The molecule has 3 aromatic rings. The number of nitrogens with zero attached hydrogens (tertiary/aromatic N) is 4. The average Bonchev–Trinajstić information content (AvgIpc) is 3.23. The van der Waals surface area contributed by atoms with Gasteiger partial charge in [0.1, 0.15) is 10.6 Å². The van der Waals surface area contributed by atoms with Crippen molar-refractivity contribution in [2.24, 2.45) is 0 Å². The fraction of sp³-hybridized carbons (Fsp3) is 0.500. The van der Waals surface area contributed by atoms with Gasteiger partial charge in [0, 0.05) is 36.6 Å². The normalized spacial score (nSPS) is 22.6. The number of carbonyl (C=O) groups is 1. The number of aliphatic hydroxyl groups is 1. The van der Waals surface area contributed by atoms with Gasteiger partial charge < -0.3 is 20.3 Å². The van der Waals surface area contributed by atoms with Crippen LogP contribution in [0.25, 0.3) is 10.4 Å². The Kier molecular flexibility index (Phi) is 7.43. The zero-order valence-corrected chi connectivity index (χ0v) is 23.4. The van der Waals surface area contributed by atoms with Gasteiger partial charge in [-0.05, 0) is 69.4 Å². The number of carbonyl (C=O) groups excluding carboxylic acids is 1. The van der Waals surface area contributed by atoms with Gasteiger partial charge in [0.05, 0.1) is 23.5 Å². The number of amides is 1. The fourth-order valence-electron chi connectivity index (χ4n) is 5.10. The number of quaternary nitrogens is 1. The minimum atomic E-state index is -1.17. The van der Waals surface area contributed by atoms with Crippen LogP contribution < -0.4 is 10.4 Å². The molecule has 4 rings (SSSR count). The number of likely N-dealkylation sites (tertiary alicyclic amines) is 1. The monoisotopic (exact) mass is 523 g/mol. The summed E-state index contributed by atoms with van der Waals surface area (Å²) in [7, 11) is 0. The molecule has 8 nitrogen and oxygen atoms in total. The predicted octanol–water partition coefficient (Wildman–Crippen LogP) is 5.11. The third kappa shape index (κ3) is 5.54. The van der Waals surface area contributed by atoms with Crippen LogP contribution in [0.2, 0.25) is 0 Å². The first-order chi connectivity index (χ1) is 17.3. The summed E-state index contributed by atoms with van der Waals surface area (Å²) in [5.41, 5.74) is 2.21. The second kappa shape index (κ2) is 10.1. The fourth-order valence-corrected chi connectivity index (χ4v) is 6.15. The van der Waals surface area contributed by atoms with E-state index in [4.69, 9.17) is 0 Å². The molecule has 1 unspecified atom stereocenters. The topological polar surface area (TPSA) is 111 Å². The number of hydrogen-bond donors (Lipinski definition) is 2. The zero-order valence-electron chi connectivity index (χ0n) is 22.5. The van der Waals surface area contributed by atoms with Crippen molar-refractivity contribution in [2.45, 2.75) is 77.9 Å². The molecule has 1 aliphatic rings. The van der Waals surface area contributed by atoms with Crippen molar-refractivity contribution in [3.63, 3.8) is 0 Å². The molecule has 1 fully saturated rings. The molecule has 0 spiro atoms. The lowest BCUT2D eigenvalue weighted by atomic mass is 9.95. The Morgan fingerprint density at radius 3 is 2.62 bits per heavy atom. The van der Waals surface area contributed by atoms with Gasteiger partial charge in [-0.2, -0.15) is 0 Å². The second-order valence-corrected chi connectivity index (χ2v) is 12.5. The van der Waals surface area contributed by atoms with Crippen molar-refractivity contribution < 1.29 is 19.5 Å². The van der Waals surface area contributed by atoms with E-state index in [-0.39, 0.29) is 4.48 Å². The molecule has 1 aromatic carbocycles. The minimum Gasteiger partial charge on any atom is -0.498 e. The van der Waals surface area contributed by atoms with E-state index >= 15 is 0 Å². The number of rotatable bonds is 5. The van der Waals surface area contributed by atoms with Crippen LogP contribution in [0.3, 0.4) is 0 Å². The quantitative estimate of drug-likeness (QED) is 0.447. The van der Waals surface area contributed by atoms with Crippen LogP contribution in [0.4, 0.5) is 16.4 Å². The number of anilines is 2. The molecule has 2 aromatic heterocycles. The van der Waals surface area contributed by atoms with E-state index in [2.05, 4.69) is 40.2 Å². The third-order valence-corrected chi connectivity index (χ3v) is 8.70. The zero-order chi connectivity index (χ0) is 27.0. The minimum absolute atomic E-state index is 0.166. The third-order valence-electron chi connectivity index (χ3n) is 7.46. The van der Waals surface area contributed by atoms with Crippen LogP contribution in [-0.4, -0.2) is 49.3 Å². The van der Waals surface area contributed by atoms with Crippen molar-refractivity contribution in [3.05, 3.63) is 52.9 Å². The predicted molar refractivity (Wildman–Crippen MR) is 145 cm³/mol. The summed E-state index contributed by atoms with van der Waals surface area (Å²) in [5.74, 6) is 0.857. The van der Waals surface area contributed by atoms with E-state index in [0.29, 0.717) is 49.2 Å². The lowest BCUT2D eigenvalue weighted by Crippen LogP contribution is -2.68. The molecule has 3 heterocycles. The Balaban J connectivity index is 1.59. The van der Waals surface area contributed by atoms with E-state index in [9.17, 15) is 15.0 Å². The molecule has 0 bridgehead atoms. The Bertz CT molecular complexity index is 1280. The summed E-state index contributed by atoms with van der Waals surface area (Å²) in [6.07, 6.45) is 3.83. The molecule has 0 radical (unpaired) electrons. The van der Waals surface area contributed by atoms with Crippen molar-refractivity contribution in [3.8, 4) is 10.4 Å². The Labute approximate surface area is 223 Å². The summed E-state index contributed by atoms with van der Waals surface area (Å²) in [6, 6.07) is 8.08. The van der Waals surface area contributed by atoms with Crippen LogP contribution in [0.15, 0.2) is 36.7 Å². The number of aryl methyl sites for hydroxylation is 1. The SMILES string of the molecule is Cc1cc(Nc2nccc(C(C)C)n2)cc(-c2cnc([C@@]3(O)CCC[N+](C(=O)[O-])(C(C)(C)C)CC3)s2)c1. The molecule has 9 heteroatoms. The van der Waals surface area contributed by atoms with E-state index in [1.807, 2.05) is 45.9 Å². The number of aromatic nitrogens is 3. The molecular formula is C28H37N5O3S. The standard InChI is InChI=1S/C28H37N5O3S/c1-18(2)22-8-11-29-25(32-22)31-21-15-19(3)14-20(16-21)23-17-30-24(37-23)28(36)9-7-12-33(13-10-28,26(34)35)27(4,5)6/h8,11,14-18,36H,7,9-10,12-13H2,1-6H3,(H-,29,31,32,34,35)/t28-,33?/m1/s1. The number of hydrogen-bond acceptors (Lipinski definition) is 8. The largest absolute Gasteiger partial charge is 0.498 e. The van der Waals surface area contributed by atoms with Crippen molar-refractivity contribution in [2.75, 3.05) is 18.4 Å². The molecule has 0 saturated carbocycles. The Hall–Kier alpha value is -2.88. The molecule has 198 valence electrons. The highest BCUT2D eigenvalue weighted by Crippen LogP contribution is 2.41. The van der Waals surface area contributed by atoms with Crippen molar-refractivity contribution >= 4 is 29.1 Å². The summed E-state index contributed by atoms with van der Waals surface area (Å²) in [4.78, 5) is 26.7. The highest BCUT2D eigenvalue weighted by atomic mass is 32.1. The van der Waals surface area contributed by atoms with E-state index < -0.39 is 17.2 Å². The van der Waals surface area contributed by atoms with Gasteiger partial charge in [0.2, 0.25) is 5.95 Å². The highest BCUT2D eigenvalue weighted by molar-refractivity contribution is 7.15. The van der Waals surface area contributed by atoms with E-state index in [1.165, 1.54) is 11.3 Å². The first kappa shape index (κ1) is 27.2. The van der Waals surface area contributed by atoms with E-state index in [1.54, 1.807) is 12.4 Å². The smallest absolute Gasteiger partial charge is 0.257 e. The van der Waals surface area contributed by atoms with Gasteiger partial charge in [0.15, 0.2) is 0 Å². The van der Waals surface area contributed by atoms with Crippen LogP contribution in [0, 0.1) is 6.92 Å². The number of thiazole rings is 1. The highest BCUT2D eigenvalue weighted by Gasteiger charge is 2.48. The summed E-state index contributed by atoms with van der Waals surface area (Å²) < 4.78 is -0.166. The number of benzene rings is 1. The Morgan fingerprint density at radius 2 is 1.95 bits per heavy atom. The van der Waals surface area contributed by atoms with E-state index in [0.717, 1.165) is 27.4 Å². The molecule has 37 heavy (non-hydrogen) atoms. The van der Waals surface area contributed by atoms with Gasteiger partial charge in [-0.15, -0.1) is 11.3 Å². The Morgan fingerprint density at radius 1 is 1.19 bits per heavy atom. The second-order valence-electron chi connectivity index (χ2n) is 11.4. The summed E-state index contributed by atoms with van der Waals surface area (Å²) in [5, 5.41) is 27.8. The van der Waals surface area contributed by atoms with Crippen LogP contribution in [0.1, 0.15) is 76.1 Å². The van der Waals surface area contributed by atoms with Crippen molar-refractivity contribution in [1.29, 1.82) is 0 Å². The van der Waals surface area contributed by atoms with Crippen LogP contribution >= 0.6 is 11.3 Å². The molecular weight excluding hydrogens is 486 g/mol.